The predicted molar refractivity (Wildman–Crippen MR) is 102 cm³/mol. The second-order valence-electron chi connectivity index (χ2n) is 4.61. The first-order valence-electron chi connectivity index (χ1n) is 6.67. The molecule has 0 aromatic heterocycles. The molecule has 7 heteroatoms. The van der Waals surface area contributed by atoms with Gasteiger partial charge in [-0.05, 0) is 67.3 Å². The molecule has 0 unspecified atom stereocenters. The number of nitrogens with zero attached hydrogens (tertiary/aromatic N) is 1. The Labute approximate surface area is 161 Å². The van der Waals surface area contributed by atoms with Gasteiger partial charge in [0.25, 0.3) is 0 Å². The van der Waals surface area contributed by atoms with Crippen molar-refractivity contribution in [2.24, 2.45) is 4.99 Å². The fourth-order valence-electron chi connectivity index (χ4n) is 1.80. The van der Waals surface area contributed by atoms with E-state index >= 15 is 0 Å². The van der Waals surface area contributed by atoms with Crippen LogP contribution in [0.5, 0.6) is 5.75 Å². The molecule has 0 bridgehead atoms. The van der Waals surface area contributed by atoms with E-state index < -0.39 is 0 Å². The Morgan fingerprint density at radius 2 is 1.78 bits per heavy atom. The lowest BCUT2D eigenvalue weighted by molar-refractivity contribution is 0.302. The Hall–Kier alpha value is -0.590. The van der Waals surface area contributed by atoms with Crippen LogP contribution in [0, 0.1) is 0 Å². The Balaban J connectivity index is 2.12. The van der Waals surface area contributed by atoms with E-state index in [9.17, 15) is 0 Å². The first-order valence-corrected chi connectivity index (χ1v) is 9.02. The molecule has 0 saturated carbocycles. The van der Waals surface area contributed by atoms with Crippen LogP contribution in [0.25, 0.3) is 0 Å². The van der Waals surface area contributed by atoms with E-state index in [1.807, 2.05) is 18.2 Å². The molecule has 0 saturated heterocycles. The van der Waals surface area contributed by atoms with Gasteiger partial charge in [-0.25, -0.2) is 0 Å². The van der Waals surface area contributed by atoms with E-state index in [1.54, 1.807) is 18.3 Å². The van der Waals surface area contributed by atoms with Crippen molar-refractivity contribution in [2.45, 2.75) is 6.61 Å². The fraction of sp³-hybridized carbons (Fsp3) is 0.188. The summed E-state index contributed by atoms with van der Waals surface area (Å²) in [5.41, 5.74) is 1.82. The Morgan fingerprint density at radius 1 is 1.09 bits per heavy atom. The number of benzene rings is 2. The Kier molecular flexibility index (Phi) is 7.37. The number of aliphatic hydroxyl groups is 1. The normalized spacial score (nSPS) is 11.2. The van der Waals surface area contributed by atoms with Crippen LogP contribution in [-0.4, -0.2) is 24.5 Å². The molecule has 0 fully saturated rings. The summed E-state index contributed by atoms with van der Waals surface area (Å²) in [7, 11) is 0. The number of halogens is 4. The van der Waals surface area contributed by atoms with Gasteiger partial charge in [-0.15, -0.1) is 0 Å². The zero-order chi connectivity index (χ0) is 16.8. The Bertz CT molecular complexity index is 700. The number of rotatable bonds is 6. The van der Waals surface area contributed by atoms with Gasteiger partial charge in [-0.2, -0.15) is 0 Å². The van der Waals surface area contributed by atoms with Crippen molar-refractivity contribution in [3.8, 4) is 5.75 Å². The molecule has 0 atom stereocenters. The van der Waals surface area contributed by atoms with Crippen LogP contribution in [0.1, 0.15) is 11.1 Å². The van der Waals surface area contributed by atoms with Gasteiger partial charge >= 0.3 is 0 Å². The average Bonchev–Trinajstić information content (AvgIpc) is 2.50. The average molecular weight is 482 g/mol. The molecule has 2 aromatic carbocycles. The smallest absolute Gasteiger partial charge is 0.148 e. The molecule has 0 aliphatic heterocycles. The number of hydrogen-bond acceptors (Lipinski definition) is 3. The third-order valence-electron chi connectivity index (χ3n) is 2.86. The summed E-state index contributed by atoms with van der Waals surface area (Å²) in [6.07, 6.45) is 1.70. The van der Waals surface area contributed by atoms with Gasteiger partial charge < -0.3 is 9.84 Å². The summed E-state index contributed by atoms with van der Waals surface area (Å²) in [4.78, 5) is 4.10. The number of hydrogen-bond donors (Lipinski definition) is 1. The summed E-state index contributed by atoms with van der Waals surface area (Å²) in [6.45, 7) is 0.778. The van der Waals surface area contributed by atoms with Crippen LogP contribution in [0.3, 0.4) is 0 Å². The third-order valence-corrected chi connectivity index (χ3v) is 4.77. The van der Waals surface area contributed by atoms with E-state index in [0.717, 1.165) is 20.1 Å². The van der Waals surface area contributed by atoms with Gasteiger partial charge in [0, 0.05) is 6.21 Å². The van der Waals surface area contributed by atoms with E-state index in [1.165, 1.54) is 0 Å². The minimum Gasteiger partial charge on any atom is -0.487 e. The van der Waals surface area contributed by atoms with Crippen molar-refractivity contribution >= 4 is 61.3 Å². The lowest BCUT2D eigenvalue weighted by Crippen LogP contribution is -1.98. The zero-order valence-corrected chi connectivity index (χ0v) is 16.6. The molecule has 0 spiro atoms. The lowest BCUT2D eigenvalue weighted by Gasteiger charge is -2.12. The molecule has 122 valence electrons. The van der Waals surface area contributed by atoms with Gasteiger partial charge in [0.15, 0.2) is 0 Å². The zero-order valence-electron chi connectivity index (χ0n) is 11.9. The van der Waals surface area contributed by atoms with Crippen LogP contribution >= 0.6 is 55.1 Å². The molecule has 2 rings (SSSR count). The molecule has 23 heavy (non-hydrogen) atoms. The van der Waals surface area contributed by atoms with E-state index in [2.05, 4.69) is 36.9 Å². The van der Waals surface area contributed by atoms with E-state index in [4.69, 9.17) is 33.0 Å². The van der Waals surface area contributed by atoms with Crippen LogP contribution < -0.4 is 4.74 Å². The predicted octanol–water partition coefficient (Wildman–Crippen LogP) is 5.51. The first-order chi connectivity index (χ1) is 11.0. The second-order valence-corrected chi connectivity index (χ2v) is 7.13. The minimum atomic E-state index is 0.0314. The molecule has 0 amide bonds. The van der Waals surface area contributed by atoms with Crippen molar-refractivity contribution < 1.29 is 9.84 Å². The summed E-state index contributed by atoms with van der Waals surface area (Å²) < 4.78 is 7.46. The van der Waals surface area contributed by atoms with Crippen molar-refractivity contribution in [2.75, 3.05) is 13.2 Å². The highest BCUT2D eigenvalue weighted by atomic mass is 79.9. The molecule has 3 nitrogen and oxygen atoms in total. The quantitative estimate of drug-likeness (QED) is 0.553. The number of ether oxygens (including phenoxy) is 1. The van der Waals surface area contributed by atoms with Crippen molar-refractivity contribution in [3.63, 3.8) is 0 Å². The molecule has 0 aliphatic carbocycles. The number of aliphatic hydroxyl groups excluding tert-OH is 1. The van der Waals surface area contributed by atoms with E-state index in [-0.39, 0.29) is 6.61 Å². The van der Waals surface area contributed by atoms with Crippen LogP contribution in [0.2, 0.25) is 10.0 Å². The van der Waals surface area contributed by atoms with E-state index in [0.29, 0.717) is 28.9 Å². The maximum atomic E-state index is 8.74. The largest absolute Gasteiger partial charge is 0.487 e. The molecule has 2 aromatic rings. The van der Waals surface area contributed by atoms with Crippen LogP contribution in [0.4, 0.5) is 0 Å². The van der Waals surface area contributed by atoms with Gasteiger partial charge in [0.05, 0.1) is 32.1 Å². The summed E-state index contributed by atoms with van der Waals surface area (Å²) >= 11 is 18.9. The maximum absolute atomic E-state index is 8.74. The highest BCUT2D eigenvalue weighted by Crippen LogP contribution is 2.35. The maximum Gasteiger partial charge on any atom is 0.148 e. The second kappa shape index (κ2) is 9.04. The van der Waals surface area contributed by atoms with Gasteiger partial charge in [0.2, 0.25) is 0 Å². The molecule has 0 aliphatic rings. The van der Waals surface area contributed by atoms with Gasteiger partial charge in [-0.1, -0.05) is 29.3 Å². The van der Waals surface area contributed by atoms with Gasteiger partial charge in [0.1, 0.15) is 12.4 Å². The van der Waals surface area contributed by atoms with Crippen molar-refractivity contribution in [1.82, 2.24) is 0 Å². The highest BCUT2D eigenvalue weighted by molar-refractivity contribution is 9.11. The molecular weight excluding hydrogens is 469 g/mol. The first kappa shape index (κ1) is 18.7. The lowest BCUT2D eigenvalue weighted by atomic mass is 10.2. The van der Waals surface area contributed by atoms with Crippen LogP contribution in [-0.2, 0) is 6.61 Å². The minimum absolute atomic E-state index is 0.0314. The van der Waals surface area contributed by atoms with Gasteiger partial charge in [-0.3, -0.25) is 4.99 Å². The SMILES string of the molecule is OCCN=Cc1cc(Br)c(OCc2ccc(Cl)c(Cl)c2)c(Br)c1. The monoisotopic (exact) mass is 479 g/mol. The molecular formula is C16H13Br2Cl2NO2. The molecule has 1 N–H and O–H groups in total. The fourth-order valence-corrected chi connectivity index (χ4v) is 3.58. The summed E-state index contributed by atoms with van der Waals surface area (Å²) in [5, 5.41) is 9.76. The summed E-state index contributed by atoms with van der Waals surface area (Å²) in [6, 6.07) is 9.19. The van der Waals surface area contributed by atoms with Crippen molar-refractivity contribution in [3.05, 3.63) is 60.4 Å². The molecule has 0 heterocycles. The Morgan fingerprint density at radius 3 is 2.39 bits per heavy atom. The summed E-state index contributed by atoms with van der Waals surface area (Å²) in [5.74, 6) is 0.690. The number of aliphatic imine (C=N–C) groups is 1. The highest BCUT2D eigenvalue weighted by Gasteiger charge is 2.09. The topological polar surface area (TPSA) is 41.8 Å². The standard InChI is InChI=1S/C16H13Br2Cl2NO2/c17-12-5-11(8-21-3-4-22)6-13(18)16(12)23-9-10-1-2-14(19)15(20)7-10/h1-2,5-8,22H,3-4,9H2. The van der Waals surface area contributed by atoms with Crippen molar-refractivity contribution in [1.29, 1.82) is 0 Å². The van der Waals surface area contributed by atoms with Crippen LogP contribution in [0.15, 0.2) is 44.3 Å². The third kappa shape index (κ3) is 5.47. The molecule has 0 radical (unpaired) electrons.